The Morgan fingerprint density at radius 2 is 2.25 bits per heavy atom. The van der Waals surface area contributed by atoms with Gasteiger partial charge in [0.1, 0.15) is 0 Å². The molecule has 1 aliphatic heterocycles. The Morgan fingerprint density at radius 3 is 3.08 bits per heavy atom. The summed E-state index contributed by atoms with van der Waals surface area (Å²) < 4.78 is 1.75. The number of hydrogen-bond donors (Lipinski definition) is 0. The molecule has 124 valence electrons. The number of piperidine rings is 1. The lowest BCUT2D eigenvalue weighted by atomic mass is 9.98. The minimum Gasteiger partial charge on any atom is -0.334 e. The highest BCUT2D eigenvalue weighted by Gasteiger charge is 2.29. The average Bonchev–Trinajstić information content (AvgIpc) is 3.22. The summed E-state index contributed by atoms with van der Waals surface area (Å²) >= 11 is 1.59. The zero-order chi connectivity index (χ0) is 16.5. The summed E-state index contributed by atoms with van der Waals surface area (Å²) in [5.74, 6) is 0.139. The van der Waals surface area contributed by atoms with Crippen LogP contribution < -0.4 is 0 Å². The summed E-state index contributed by atoms with van der Waals surface area (Å²) in [5.41, 5.74) is 2.64. The Balaban J connectivity index is 1.58. The predicted molar refractivity (Wildman–Crippen MR) is 91.8 cm³/mol. The Labute approximate surface area is 144 Å². The molecule has 0 bridgehead atoms. The molecule has 3 aromatic heterocycles. The molecule has 1 amide bonds. The van der Waals surface area contributed by atoms with E-state index in [0.717, 1.165) is 47.8 Å². The first-order valence-corrected chi connectivity index (χ1v) is 9.09. The average molecular weight is 341 g/mol. The van der Waals surface area contributed by atoms with Gasteiger partial charge in [-0.25, -0.2) is 14.5 Å². The van der Waals surface area contributed by atoms with Gasteiger partial charge in [0.25, 0.3) is 0 Å². The molecule has 0 aliphatic carbocycles. The van der Waals surface area contributed by atoms with Gasteiger partial charge in [-0.3, -0.25) is 4.79 Å². The number of carbonyl (C=O) groups excluding carboxylic acids is 1. The number of amides is 1. The molecule has 4 heterocycles. The lowest BCUT2D eigenvalue weighted by Gasteiger charge is -2.35. The molecule has 1 atom stereocenters. The van der Waals surface area contributed by atoms with Crippen LogP contribution >= 0.6 is 11.3 Å². The van der Waals surface area contributed by atoms with Gasteiger partial charge in [0.15, 0.2) is 5.65 Å². The van der Waals surface area contributed by atoms with Crippen LogP contribution in [-0.4, -0.2) is 36.9 Å². The number of nitrogens with zero attached hydrogens (tertiary/aromatic N) is 5. The van der Waals surface area contributed by atoms with Gasteiger partial charge < -0.3 is 4.90 Å². The third-order valence-corrected chi connectivity index (χ3v) is 5.27. The molecule has 0 spiro atoms. The molecule has 24 heavy (non-hydrogen) atoms. The van der Waals surface area contributed by atoms with Crippen molar-refractivity contribution >= 4 is 22.9 Å². The van der Waals surface area contributed by atoms with E-state index in [2.05, 4.69) is 10.1 Å². The fourth-order valence-electron chi connectivity index (χ4n) is 3.30. The second-order valence-electron chi connectivity index (χ2n) is 6.12. The summed E-state index contributed by atoms with van der Waals surface area (Å²) in [7, 11) is 0. The van der Waals surface area contributed by atoms with Crippen LogP contribution in [0.2, 0.25) is 0 Å². The normalized spacial score (nSPS) is 18.2. The summed E-state index contributed by atoms with van der Waals surface area (Å²) in [6.45, 7) is 2.76. The fraction of sp³-hybridized carbons (Fsp3) is 0.412. The summed E-state index contributed by atoms with van der Waals surface area (Å²) in [5, 5.41) is 7.16. The highest BCUT2D eigenvalue weighted by molar-refractivity contribution is 7.09. The summed E-state index contributed by atoms with van der Waals surface area (Å²) in [6.07, 6.45) is 7.15. The molecular weight excluding hydrogens is 322 g/mol. The number of aryl methyl sites for hydroxylation is 1. The van der Waals surface area contributed by atoms with E-state index in [1.54, 1.807) is 22.0 Å². The van der Waals surface area contributed by atoms with E-state index in [-0.39, 0.29) is 11.9 Å². The van der Waals surface area contributed by atoms with E-state index >= 15 is 0 Å². The fourth-order valence-corrected chi connectivity index (χ4v) is 3.91. The maximum absolute atomic E-state index is 12.8. The van der Waals surface area contributed by atoms with Crippen LogP contribution in [0, 0.1) is 6.92 Å². The number of hydrogen-bond acceptors (Lipinski definition) is 5. The number of likely N-dealkylation sites (tertiary alicyclic amines) is 1. The zero-order valence-electron chi connectivity index (χ0n) is 13.6. The molecule has 1 saturated heterocycles. The molecule has 3 aromatic rings. The smallest absolute Gasteiger partial charge is 0.229 e. The maximum atomic E-state index is 12.8. The van der Waals surface area contributed by atoms with Crippen LogP contribution in [0.3, 0.4) is 0 Å². The van der Waals surface area contributed by atoms with Gasteiger partial charge in [-0.05, 0) is 32.3 Å². The molecule has 0 radical (unpaired) electrons. The predicted octanol–water partition coefficient (Wildman–Crippen LogP) is 2.79. The number of aromatic nitrogens is 4. The van der Waals surface area contributed by atoms with E-state index in [1.807, 2.05) is 35.5 Å². The van der Waals surface area contributed by atoms with Gasteiger partial charge in [-0.2, -0.15) is 5.10 Å². The van der Waals surface area contributed by atoms with Gasteiger partial charge in [0, 0.05) is 24.2 Å². The standard InChI is InChI=1S/C17H19N5OS/c1-12-19-13(11-24-12)10-17(23)21-8-3-2-4-15(21)14-6-9-22-16(20-14)5-7-18-22/h5-7,9,11,15H,2-4,8,10H2,1H3. The SMILES string of the molecule is Cc1nc(CC(=O)N2CCCCC2c2ccn3nccc3n2)cs1. The van der Waals surface area contributed by atoms with Gasteiger partial charge in [-0.1, -0.05) is 0 Å². The highest BCUT2D eigenvalue weighted by atomic mass is 32.1. The van der Waals surface area contributed by atoms with Crippen molar-refractivity contribution in [3.05, 3.63) is 46.3 Å². The van der Waals surface area contributed by atoms with E-state index < -0.39 is 0 Å². The number of fused-ring (bicyclic) bond motifs is 1. The van der Waals surface area contributed by atoms with Gasteiger partial charge >= 0.3 is 0 Å². The van der Waals surface area contributed by atoms with Crippen LogP contribution in [0.1, 0.15) is 41.7 Å². The minimum absolute atomic E-state index is 0.0471. The molecule has 0 saturated carbocycles. The molecular formula is C17H19N5OS. The quantitative estimate of drug-likeness (QED) is 0.735. The van der Waals surface area contributed by atoms with Crippen molar-refractivity contribution in [2.75, 3.05) is 6.54 Å². The van der Waals surface area contributed by atoms with Gasteiger partial charge in [0.05, 0.1) is 35.1 Å². The van der Waals surface area contributed by atoms with E-state index in [1.165, 1.54) is 0 Å². The monoisotopic (exact) mass is 341 g/mol. The Morgan fingerprint density at radius 1 is 1.33 bits per heavy atom. The lowest BCUT2D eigenvalue weighted by molar-refractivity contribution is -0.134. The van der Waals surface area contributed by atoms with Crippen molar-refractivity contribution in [1.82, 2.24) is 24.5 Å². The second kappa shape index (κ2) is 6.32. The zero-order valence-corrected chi connectivity index (χ0v) is 14.4. The van der Waals surface area contributed by atoms with Gasteiger partial charge in [0.2, 0.25) is 5.91 Å². The Bertz CT molecular complexity index is 871. The number of carbonyl (C=O) groups is 1. The molecule has 4 rings (SSSR count). The van der Waals surface area contributed by atoms with Crippen LogP contribution in [0.25, 0.3) is 5.65 Å². The Hall–Kier alpha value is -2.28. The third-order valence-electron chi connectivity index (χ3n) is 4.44. The van der Waals surface area contributed by atoms with E-state index in [9.17, 15) is 4.79 Å². The van der Waals surface area contributed by atoms with Gasteiger partial charge in [-0.15, -0.1) is 11.3 Å². The van der Waals surface area contributed by atoms with Crippen molar-refractivity contribution in [1.29, 1.82) is 0 Å². The lowest BCUT2D eigenvalue weighted by Crippen LogP contribution is -2.39. The maximum Gasteiger partial charge on any atom is 0.229 e. The van der Waals surface area contributed by atoms with Crippen LogP contribution in [0.4, 0.5) is 0 Å². The number of thiazole rings is 1. The van der Waals surface area contributed by atoms with Crippen molar-refractivity contribution in [3.8, 4) is 0 Å². The minimum atomic E-state index is 0.0471. The van der Waals surface area contributed by atoms with Crippen molar-refractivity contribution < 1.29 is 4.79 Å². The molecule has 6 nitrogen and oxygen atoms in total. The van der Waals surface area contributed by atoms with Crippen LogP contribution in [0.5, 0.6) is 0 Å². The van der Waals surface area contributed by atoms with E-state index in [0.29, 0.717) is 6.42 Å². The molecule has 1 fully saturated rings. The van der Waals surface area contributed by atoms with Crippen molar-refractivity contribution in [2.24, 2.45) is 0 Å². The summed E-state index contributed by atoms with van der Waals surface area (Å²) in [4.78, 5) is 23.9. The number of rotatable bonds is 3. The Kier molecular flexibility index (Phi) is 4.02. The molecule has 0 aromatic carbocycles. The molecule has 1 aliphatic rings. The largest absolute Gasteiger partial charge is 0.334 e. The molecule has 0 N–H and O–H groups in total. The first kappa shape index (κ1) is 15.3. The van der Waals surface area contributed by atoms with Crippen molar-refractivity contribution in [3.63, 3.8) is 0 Å². The first-order chi connectivity index (χ1) is 11.7. The topological polar surface area (TPSA) is 63.4 Å². The van der Waals surface area contributed by atoms with Crippen molar-refractivity contribution in [2.45, 2.75) is 38.6 Å². The molecule has 7 heteroatoms. The molecule has 1 unspecified atom stereocenters. The summed E-state index contributed by atoms with van der Waals surface area (Å²) in [6, 6.07) is 3.91. The second-order valence-corrected chi connectivity index (χ2v) is 7.18. The van der Waals surface area contributed by atoms with E-state index in [4.69, 9.17) is 4.98 Å². The van der Waals surface area contributed by atoms with Crippen LogP contribution in [0.15, 0.2) is 29.9 Å². The third kappa shape index (κ3) is 2.91. The highest BCUT2D eigenvalue weighted by Crippen LogP contribution is 2.30. The van der Waals surface area contributed by atoms with Crippen LogP contribution in [-0.2, 0) is 11.2 Å². The first-order valence-electron chi connectivity index (χ1n) is 8.21.